The second-order valence-corrected chi connectivity index (χ2v) is 7.08. The van der Waals surface area contributed by atoms with E-state index in [1.165, 1.54) is 49.7 Å². The van der Waals surface area contributed by atoms with Crippen LogP contribution in [0.5, 0.6) is 0 Å². The van der Waals surface area contributed by atoms with Crippen LogP contribution in [0.25, 0.3) is 38.5 Å². The van der Waals surface area contributed by atoms with Crippen molar-refractivity contribution in [1.29, 1.82) is 0 Å². The quantitative estimate of drug-likeness (QED) is 0.302. The molecule has 0 amide bonds. The summed E-state index contributed by atoms with van der Waals surface area (Å²) in [5.74, 6) is 0. The number of hydrogen-bond donors (Lipinski definition) is 0. The highest BCUT2D eigenvalue weighted by molar-refractivity contribution is 6.11. The Labute approximate surface area is 146 Å². The normalized spacial score (nSPS) is 12.0. The molecule has 3 nitrogen and oxygen atoms in total. The summed E-state index contributed by atoms with van der Waals surface area (Å²) < 4.78 is 4.69. The Kier molecular flexibility index (Phi) is 2.76. The van der Waals surface area contributed by atoms with E-state index >= 15 is 0 Å². The number of aryl methyl sites for hydroxylation is 4. The first kappa shape index (κ1) is 14.4. The van der Waals surface area contributed by atoms with Gasteiger partial charge in [-0.3, -0.25) is 4.98 Å². The van der Waals surface area contributed by atoms with E-state index in [2.05, 4.69) is 79.3 Å². The summed E-state index contributed by atoms with van der Waals surface area (Å²) in [4.78, 5) is 4.76. The lowest BCUT2D eigenvalue weighted by molar-refractivity contribution is -0.617. The third-order valence-corrected chi connectivity index (χ3v) is 5.29. The molecule has 3 aromatic heterocycles. The maximum absolute atomic E-state index is 4.76. The van der Waals surface area contributed by atoms with Gasteiger partial charge < -0.3 is 0 Å². The van der Waals surface area contributed by atoms with Crippen molar-refractivity contribution in [3.05, 3.63) is 65.4 Å². The fourth-order valence-corrected chi connectivity index (χ4v) is 4.08. The summed E-state index contributed by atoms with van der Waals surface area (Å²) in [6, 6.07) is 15.4. The summed E-state index contributed by atoms with van der Waals surface area (Å²) in [5.41, 5.74) is 9.78. The lowest BCUT2D eigenvalue weighted by atomic mass is 10.1. The zero-order valence-corrected chi connectivity index (χ0v) is 15.0. The van der Waals surface area contributed by atoms with Crippen LogP contribution < -0.4 is 4.57 Å². The van der Waals surface area contributed by atoms with E-state index in [0.29, 0.717) is 0 Å². The Morgan fingerprint density at radius 1 is 0.880 bits per heavy atom. The third kappa shape index (κ3) is 1.81. The highest BCUT2D eigenvalue weighted by Gasteiger charge is 2.24. The molecular formula is C22H20N3+. The summed E-state index contributed by atoms with van der Waals surface area (Å²) in [7, 11) is 2.15. The Morgan fingerprint density at radius 3 is 2.48 bits per heavy atom. The molecule has 0 aliphatic heterocycles. The molecule has 0 saturated heterocycles. The fourth-order valence-electron chi connectivity index (χ4n) is 4.08. The van der Waals surface area contributed by atoms with Crippen molar-refractivity contribution in [3.8, 4) is 0 Å². The summed E-state index contributed by atoms with van der Waals surface area (Å²) in [5, 5.41) is 2.45. The molecule has 3 heteroatoms. The third-order valence-electron chi connectivity index (χ3n) is 5.29. The molecular weight excluding hydrogens is 306 g/mol. The molecule has 0 atom stereocenters. The van der Waals surface area contributed by atoms with Crippen molar-refractivity contribution >= 4 is 38.5 Å². The van der Waals surface area contributed by atoms with E-state index in [4.69, 9.17) is 4.98 Å². The van der Waals surface area contributed by atoms with Crippen molar-refractivity contribution in [3.63, 3.8) is 0 Å². The number of nitrogens with zero attached hydrogens (tertiary/aromatic N) is 3. The maximum atomic E-state index is 4.76. The van der Waals surface area contributed by atoms with Gasteiger partial charge in [0, 0.05) is 11.6 Å². The van der Waals surface area contributed by atoms with Gasteiger partial charge in [0.1, 0.15) is 5.52 Å². The molecule has 0 fully saturated rings. The average molecular weight is 326 g/mol. The van der Waals surface area contributed by atoms with Crippen LogP contribution in [-0.4, -0.2) is 9.38 Å². The van der Waals surface area contributed by atoms with Gasteiger partial charge >= 0.3 is 0 Å². The minimum Gasteiger partial charge on any atom is -0.255 e. The molecule has 0 aliphatic carbocycles. The number of fused-ring (bicyclic) bond motifs is 8. The lowest BCUT2D eigenvalue weighted by Gasteiger charge is -2.07. The van der Waals surface area contributed by atoms with Gasteiger partial charge in [0.2, 0.25) is 0 Å². The maximum Gasteiger partial charge on any atom is 0.297 e. The standard InChI is InChI=1S/C22H20N3/c1-13-5-7-17-16(11-13)21-20(15(3)9-10-23-21)22-24(4)18-8-6-14(2)12-19(18)25(17)22/h5-12H,1-4H3/q+1. The molecule has 2 aromatic carbocycles. The van der Waals surface area contributed by atoms with E-state index in [9.17, 15) is 0 Å². The van der Waals surface area contributed by atoms with Gasteiger partial charge in [-0.15, -0.1) is 0 Å². The Balaban J connectivity index is 2.26. The second kappa shape index (κ2) is 4.79. The van der Waals surface area contributed by atoms with Crippen LogP contribution in [0.2, 0.25) is 0 Å². The largest absolute Gasteiger partial charge is 0.297 e. The zero-order chi connectivity index (χ0) is 17.3. The van der Waals surface area contributed by atoms with Gasteiger partial charge in [-0.2, -0.15) is 4.40 Å². The van der Waals surface area contributed by atoms with Crippen LogP contribution in [0.3, 0.4) is 0 Å². The highest BCUT2D eigenvalue weighted by atomic mass is 15.1. The first-order valence-electron chi connectivity index (χ1n) is 8.65. The Morgan fingerprint density at radius 2 is 1.64 bits per heavy atom. The SMILES string of the molecule is Cc1ccc2c(c1)c1nccc(C)c1c1n2c2cc(C)ccc2[n+]1C. The molecule has 5 rings (SSSR count). The summed E-state index contributed by atoms with van der Waals surface area (Å²) >= 11 is 0. The first-order valence-corrected chi connectivity index (χ1v) is 8.65. The number of aromatic nitrogens is 3. The average Bonchev–Trinajstić information content (AvgIpc) is 2.87. The Bertz CT molecular complexity index is 1330. The molecule has 0 saturated carbocycles. The van der Waals surface area contributed by atoms with Crippen LogP contribution in [0, 0.1) is 20.8 Å². The predicted molar refractivity (Wildman–Crippen MR) is 103 cm³/mol. The lowest BCUT2D eigenvalue weighted by Crippen LogP contribution is -2.27. The van der Waals surface area contributed by atoms with E-state index in [1.54, 1.807) is 0 Å². The van der Waals surface area contributed by atoms with Crippen LogP contribution in [0.4, 0.5) is 0 Å². The molecule has 122 valence electrons. The monoisotopic (exact) mass is 326 g/mol. The second-order valence-electron chi connectivity index (χ2n) is 7.08. The van der Waals surface area contributed by atoms with E-state index in [1.807, 2.05) is 6.20 Å². The molecule has 0 aliphatic rings. The molecule has 0 radical (unpaired) electrons. The van der Waals surface area contributed by atoms with Gasteiger partial charge in [-0.05, 0) is 62.2 Å². The van der Waals surface area contributed by atoms with Gasteiger partial charge in [0.05, 0.1) is 18.0 Å². The topological polar surface area (TPSA) is 21.2 Å². The van der Waals surface area contributed by atoms with Crippen LogP contribution >= 0.6 is 0 Å². The number of hydrogen-bond acceptors (Lipinski definition) is 1. The van der Waals surface area contributed by atoms with Crippen LogP contribution in [0.15, 0.2) is 48.7 Å². The zero-order valence-electron chi connectivity index (χ0n) is 15.0. The number of pyridine rings is 2. The van der Waals surface area contributed by atoms with E-state index in [0.717, 1.165) is 5.52 Å². The molecule has 5 aromatic rings. The summed E-state index contributed by atoms with van der Waals surface area (Å²) in [6.45, 7) is 6.47. The van der Waals surface area contributed by atoms with Crippen molar-refractivity contribution in [2.45, 2.75) is 20.8 Å². The number of rotatable bonds is 0. The molecule has 0 bridgehead atoms. The minimum atomic E-state index is 1.08. The molecule has 3 heterocycles. The first-order chi connectivity index (χ1) is 12.1. The number of imidazole rings is 1. The fraction of sp³-hybridized carbons (Fsp3) is 0.182. The Hall–Kier alpha value is -2.94. The van der Waals surface area contributed by atoms with Gasteiger partial charge in [0.15, 0.2) is 11.0 Å². The van der Waals surface area contributed by atoms with Crippen molar-refractivity contribution < 1.29 is 4.57 Å². The minimum absolute atomic E-state index is 1.08. The van der Waals surface area contributed by atoms with Crippen molar-refractivity contribution in [1.82, 2.24) is 9.38 Å². The highest BCUT2D eigenvalue weighted by Crippen LogP contribution is 2.32. The van der Waals surface area contributed by atoms with Gasteiger partial charge in [-0.1, -0.05) is 17.7 Å². The van der Waals surface area contributed by atoms with E-state index < -0.39 is 0 Å². The number of benzene rings is 2. The molecule has 0 spiro atoms. The van der Waals surface area contributed by atoms with Crippen LogP contribution in [0.1, 0.15) is 16.7 Å². The summed E-state index contributed by atoms with van der Waals surface area (Å²) in [6.07, 6.45) is 1.92. The van der Waals surface area contributed by atoms with Gasteiger partial charge in [0.25, 0.3) is 5.65 Å². The molecule has 0 unspecified atom stereocenters. The molecule has 0 N–H and O–H groups in total. The van der Waals surface area contributed by atoms with Crippen LogP contribution in [-0.2, 0) is 7.05 Å². The van der Waals surface area contributed by atoms with Gasteiger partial charge in [-0.25, -0.2) is 4.57 Å². The van der Waals surface area contributed by atoms with Crippen molar-refractivity contribution in [2.75, 3.05) is 0 Å². The van der Waals surface area contributed by atoms with Crippen molar-refractivity contribution in [2.24, 2.45) is 7.05 Å². The van der Waals surface area contributed by atoms with E-state index in [-0.39, 0.29) is 0 Å². The molecule has 25 heavy (non-hydrogen) atoms. The smallest absolute Gasteiger partial charge is 0.255 e. The predicted octanol–water partition coefficient (Wildman–Crippen LogP) is 4.54.